The summed E-state index contributed by atoms with van der Waals surface area (Å²) in [6.07, 6.45) is 1.33. The molecule has 3 aliphatic rings. The van der Waals surface area contributed by atoms with Gasteiger partial charge in [-0.1, -0.05) is 17.8 Å². The number of aliphatic hydroxyl groups excluding tert-OH is 2. The average Bonchev–Trinajstić information content (AvgIpc) is 2.67. The molecule has 0 aromatic carbocycles. The van der Waals surface area contributed by atoms with Crippen LogP contribution in [0.1, 0.15) is 12.8 Å². The number of rotatable bonds is 2. The molecule has 0 amide bonds. The van der Waals surface area contributed by atoms with Crippen molar-refractivity contribution in [3.8, 4) is 0 Å². The molecule has 6 heteroatoms. The SMILES string of the molecule is C=CCC1OC2SC(N3CCC3)=NC2C(O)C1O. The lowest BCUT2D eigenvalue weighted by Gasteiger charge is -2.38. The second-order valence-corrected chi connectivity index (χ2v) is 5.97. The molecule has 5 atom stereocenters. The van der Waals surface area contributed by atoms with Crippen LogP contribution in [-0.2, 0) is 4.74 Å². The Balaban J connectivity index is 1.72. The molecule has 2 N–H and O–H groups in total. The number of thioether (sulfide) groups is 1. The molecular weight excluding hydrogens is 252 g/mol. The largest absolute Gasteiger partial charge is 0.388 e. The summed E-state index contributed by atoms with van der Waals surface area (Å²) in [6, 6.07) is -0.346. The first-order chi connectivity index (χ1) is 8.70. The molecule has 0 aromatic heterocycles. The van der Waals surface area contributed by atoms with Gasteiger partial charge in [0.2, 0.25) is 0 Å². The Labute approximate surface area is 111 Å². The highest BCUT2D eigenvalue weighted by atomic mass is 32.2. The molecule has 100 valence electrons. The van der Waals surface area contributed by atoms with E-state index in [9.17, 15) is 10.2 Å². The van der Waals surface area contributed by atoms with Crippen molar-refractivity contribution >= 4 is 16.9 Å². The molecule has 5 nitrogen and oxygen atoms in total. The van der Waals surface area contributed by atoms with E-state index in [0.29, 0.717) is 6.42 Å². The lowest BCUT2D eigenvalue weighted by Crippen LogP contribution is -2.54. The maximum atomic E-state index is 10.1. The molecule has 3 aliphatic heterocycles. The molecule has 0 radical (unpaired) electrons. The Morgan fingerprint density at radius 1 is 1.44 bits per heavy atom. The summed E-state index contributed by atoms with van der Waals surface area (Å²) < 4.78 is 5.82. The predicted octanol–water partition coefficient (Wildman–Crippen LogP) is 0.186. The summed E-state index contributed by atoms with van der Waals surface area (Å²) in [6.45, 7) is 5.70. The van der Waals surface area contributed by atoms with Gasteiger partial charge in [-0.3, -0.25) is 4.99 Å². The standard InChI is InChI=1S/C12H18N2O3S/c1-2-4-7-9(15)10(16)8-11(17-7)18-12(13-8)14-5-3-6-14/h2,7-11,15-16H,1,3-6H2. The molecule has 0 saturated carbocycles. The third-order valence-corrected chi connectivity index (χ3v) is 4.87. The Morgan fingerprint density at radius 2 is 2.22 bits per heavy atom. The summed E-state index contributed by atoms with van der Waals surface area (Å²) in [5, 5.41) is 21.1. The van der Waals surface area contributed by atoms with Crippen LogP contribution in [0.2, 0.25) is 0 Å². The molecule has 2 fully saturated rings. The lowest BCUT2D eigenvalue weighted by molar-refractivity contribution is -0.150. The van der Waals surface area contributed by atoms with Crippen LogP contribution in [0.5, 0.6) is 0 Å². The highest BCUT2D eigenvalue weighted by Gasteiger charge is 2.48. The number of hydrogen-bond acceptors (Lipinski definition) is 6. The first kappa shape index (κ1) is 12.5. The summed E-state index contributed by atoms with van der Waals surface area (Å²) in [4.78, 5) is 6.69. The molecule has 3 heterocycles. The Kier molecular flexibility index (Phi) is 3.36. The van der Waals surface area contributed by atoms with Crippen molar-refractivity contribution in [2.45, 2.75) is 42.6 Å². The zero-order valence-corrected chi connectivity index (χ0v) is 10.9. The van der Waals surface area contributed by atoms with Crippen molar-refractivity contribution < 1.29 is 14.9 Å². The van der Waals surface area contributed by atoms with E-state index < -0.39 is 12.2 Å². The summed E-state index contributed by atoms with van der Waals surface area (Å²) in [5.74, 6) is 0. The van der Waals surface area contributed by atoms with E-state index in [0.717, 1.165) is 18.3 Å². The molecular formula is C12H18N2O3S. The first-order valence-electron chi connectivity index (χ1n) is 6.32. The Morgan fingerprint density at radius 3 is 2.83 bits per heavy atom. The Bertz CT molecular complexity index is 372. The van der Waals surface area contributed by atoms with Gasteiger partial charge in [-0.2, -0.15) is 0 Å². The van der Waals surface area contributed by atoms with Crippen LogP contribution in [0.4, 0.5) is 0 Å². The van der Waals surface area contributed by atoms with Crippen molar-refractivity contribution in [2.24, 2.45) is 4.99 Å². The Hall–Kier alpha value is -0.560. The van der Waals surface area contributed by atoms with Gasteiger partial charge in [-0.05, 0) is 12.8 Å². The zero-order valence-electron chi connectivity index (χ0n) is 10.1. The third-order valence-electron chi connectivity index (χ3n) is 3.68. The van der Waals surface area contributed by atoms with Crippen LogP contribution >= 0.6 is 11.8 Å². The van der Waals surface area contributed by atoms with Gasteiger partial charge in [-0.15, -0.1) is 6.58 Å². The van der Waals surface area contributed by atoms with Crippen molar-refractivity contribution in [3.63, 3.8) is 0 Å². The van der Waals surface area contributed by atoms with Crippen LogP contribution in [0, 0.1) is 0 Å². The minimum absolute atomic E-state index is 0.177. The number of aliphatic imine (C=N–C) groups is 1. The summed E-state index contributed by atoms with van der Waals surface area (Å²) >= 11 is 1.56. The lowest BCUT2D eigenvalue weighted by atomic mass is 9.96. The van der Waals surface area contributed by atoms with Gasteiger partial charge in [0, 0.05) is 13.1 Å². The monoisotopic (exact) mass is 270 g/mol. The summed E-state index contributed by atoms with van der Waals surface area (Å²) in [7, 11) is 0. The van der Waals surface area contributed by atoms with E-state index >= 15 is 0 Å². The molecule has 5 unspecified atom stereocenters. The highest BCUT2D eigenvalue weighted by Crippen LogP contribution is 2.38. The van der Waals surface area contributed by atoms with Crippen LogP contribution in [-0.4, -0.2) is 63.2 Å². The fraction of sp³-hybridized carbons (Fsp3) is 0.750. The van der Waals surface area contributed by atoms with Gasteiger partial charge in [0.05, 0.1) is 6.10 Å². The number of ether oxygens (including phenoxy) is 1. The fourth-order valence-electron chi connectivity index (χ4n) is 2.44. The molecule has 2 saturated heterocycles. The molecule has 0 aliphatic carbocycles. The van der Waals surface area contributed by atoms with Crippen molar-refractivity contribution in [3.05, 3.63) is 12.7 Å². The van der Waals surface area contributed by atoms with E-state index in [1.165, 1.54) is 6.42 Å². The van der Waals surface area contributed by atoms with Gasteiger partial charge in [0.1, 0.15) is 23.7 Å². The molecule has 0 spiro atoms. The van der Waals surface area contributed by atoms with E-state index in [2.05, 4.69) is 16.5 Å². The minimum Gasteiger partial charge on any atom is -0.388 e. The van der Waals surface area contributed by atoms with Crippen molar-refractivity contribution in [2.75, 3.05) is 13.1 Å². The van der Waals surface area contributed by atoms with Crippen LogP contribution < -0.4 is 0 Å². The average molecular weight is 270 g/mol. The van der Waals surface area contributed by atoms with Gasteiger partial charge >= 0.3 is 0 Å². The predicted molar refractivity (Wildman–Crippen MR) is 70.5 cm³/mol. The van der Waals surface area contributed by atoms with Crippen LogP contribution in [0.15, 0.2) is 17.6 Å². The molecule has 0 aromatic rings. The number of nitrogens with zero attached hydrogens (tertiary/aromatic N) is 2. The maximum Gasteiger partial charge on any atom is 0.162 e. The molecule has 0 bridgehead atoms. The topological polar surface area (TPSA) is 65.3 Å². The third kappa shape index (κ3) is 1.97. The van der Waals surface area contributed by atoms with Gasteiger partial charge < -0.3 is 19.8 Å². The quantitative estimate of drug-likeness (QED) is 0.701. The van der Waals surface area contributed by atoms with Crippen LogP contribution in [0.25, 0.3) is 0 Å². The van der Waals surface area contributed by atoms with Crippen molar-refractivity contribution in [1.82, 2.24) is 4.90 Å². The normalized spacial score (nSPS) is 43.1. The minimum atomic E-state index is -0.885. The number of fused-ring (bicyclic) bond motifs is 1. The fourth-order valence-corrected chi connectivity index (χ4v) is 3.72. The first-order valence-corrected chi connectivity index (χ1v) is 7.20. The smallest absolute Gasteiger partial charge is 0.162 e. The zero-order chi connectivity index (χ0) is 12.7. The van der Waals surface area contributed by atoms with Gasteiger partial charge in [0.25, 0.3) is 0 Å². The second kappa shape index (κ2) is 4.85. The summed E-state index contributed by atoms with van der Waals surface area (Å²) in [5.41, 5.74) is -0.177. The number of likely N-dealkylation sites (tertiary alicyclic amines) is 1. The van der Waals surface area contributed by atoms with Crippen molar-refractivity contribution in [1.29, 1.82) is 0 Å². The van der Waals surface area contributed by atoms with E-state index in [1.54, 1.807) is 17.8 Å². The van der Waals surface area contributed by atoms with E-state index in [-0.39, 0.29) is 17.6 Å². The number of amidine groups is 1. The number of hydrogen-bond donors (Lipinski definition) is 2. The van der Waals surface area contributed by atoms with Gasteiger partial charge in [0.15, 0.2) is 5.17 Å². The molecule has 18 heavy (non-hydrogen) atoms. The van der Waals surface area contributed by atoms with E-state index in [4.69, 9.17) is 4.74 Å². The maximum absolute atomic E-state index is 10.1. The van der Waals surface area contributed by atoms with Crippen LogP contribution in [0.3, 0.4) is 0 Å². The number of aliphatic hydroxyl groups is 2. The van der Waals surface area contributed by atoms with Gasteiger partial charge in [-0.25, -0.2) is 0 Å². The molecule has 3 rings (SSSR count). The highest BCUT2D eigenvalue weighted by molar-refractivity contribution is 8.14. The van der Waals surface area contributed by atoms with E-state index in [1.807, 2.05) is 0 Å². The second-order valence-electron chi connectivity index (χ2n) is 4.91.